The van der Waals surface area contributed by atoms with Crippen molar-refractivity contribution in [1.29, 1.82) is 0 Å². The van der Waals surface area contributed by atoms with Crippen LogP contribution in [0.2, 0.25) is 0 Å². The SMILES string of the molecule is CCN(CC)CP1(=O)Nc2ccccc2-c2ccccc2N1. The van der Waals surface area contributed by atoms with Crippen molar-refractivity contribution in [1.82, 2.24) is 4.90 Å². The molecule has 3 rings (SSSR count). The minimum atomic E-state index is -2.78. The molecule has 0 fully saturated rings. The quantitative estimate of drug-likeness (QED) is 0.804. The summed E-state index contributed by atoms with van der Waals surface area (Å²) in [5.74, 6) is 0. The molecule has 0 atom stereocenters. The van der Waals surface area contributed by atoms with E-state index in [1.54, 1.807) is 0 Å². The second kappa shape index (κ2) is 6.15. The largest absolute Gasteiger partial charge is 0.319 e. The molecule has 22 heavy (non-hydrogen) atoms. The van der Waals surface area contributed by atoms with Crippen LogP contribution in [-0.4, -0.2) is 24.3 Å². The summed E-state index contributed by atoms with van der Waals surface area (Å²) in [7, 11) is -2.78. The Labute approximate surface area is 132 Å². The van der Waals surface area contributed by atoms with Crippen molar-refractivity contribution in [2.75, 3.05) is 29.5 Å². The van der Waals surface area contributed by atoms with Crippen molar-refractivity contribution in [3.8, 4) is 11.1 Å². The van der Waals surface area contributed by atoms with Gasteiger partial charge < -0.3 is 10.2 Å². The van der Waals surface area contributed by atoms with Crippen LogP contribution in [0.15, 0.2) is 48.5 Å². The molecule has 2 aromatic carbocycles. The molecule has 0 radical (unpaired) electrons. The number of benzene rings is 2. The average molecular weight is 315 g/mol. The molecule has 2 aromatic rings. The van der Waals surface area contributed by atoms with Crippen LogP contribution in [-0.2, 0) is 4.57 Å². The van der Waals surface area contributed by atoms with Gasteiger partial charge in [-0.1, -0.05) is 50.2 Å². The Bertz CT molecular complexity index is 661. The van der Waals surface area contributed by atoms with Gasteiger partial charge in [0, 0.05) is 22.5 Å². The summed E-state index contributed by atoms with van der Waals surface area (Å²) in [5.41, 5.74) is 4.02. The number of nitrogens with one attached hydrogen (secondary N) is 2. The molecular weight excluding hydrogens is 293 g/mol. The first-order valence-electron chi connectivity index (χ1n) is 7.71. The predicted molar refractivity (Wildman–Crippen MR) is 94.5 cm³/mol. The van der Waals surface area contributed by atoms with Crippen molar-refractivity contribution in [3.05, 3.63) is 48.5 Å². The Morgan fingerprint density at radius 3 is 1.77 bits per heavy atom. The van der Waals surface area contributed by atoms with Crippen LogP contribution >= 0.6 is 7.44 Å². The molecule has 0 aromatic heterocycles. The first-order chi connectivity index (χ1) is 10.6. The first-order valence-corrected chi connectivity index (χ1v) is 9.61. The molecule has 4 nitrogen and oxygen atoms in total. The van der Waals surface area contributed by atoms with E-state index in [-0.39, 0.29) is 0 Å². The summed E-state index contributed by atoms with van der Waals surface area (Å²) in [5, 5.41) is 6.57. The van der Waals surface area contributed by atoms with Crippen molar-refractivity contribution < 1.29 is 4.57 Å². The van der Waals surface area contributed by atoms with E-state index in [0.29, 0.717) is 6.29 Å². The lowest BCUT2D eigenvalue weighted by Gasteiger charge is -2.27. The van der Waals surface area contributed by atoms with E-state index in [1.165, 1.54) is 0 Å². The zero-order valence-electron chi connectivity index (χ0n) is 13.0. The fraction of sp³-hybridized carbons (Fsp3) is 0.294. The van der Waals surface area contributed by atoms with Gasteiger partial charge in [-0.2, -0.15) is 0 Å². The van der Waals surface area contributed by atoms with Crippen LogP contribution in [0.4, 0.5) is 11.4 Å². The topological polar surface area (TPSA) is 44.4 Å². The molecule has 5 heteroatoms. The highest BCUT2D eigenvalue weighted by Gasteiger charge is 2.29. The zero-order valence-corrected chi connectivity index (χ0v) is 13.9. The van der Waals surface area contributed by atoms with Gasteiger partial charge in [0.05, 0.1) is 6.29 Å². The van der Waals surface area contributed by atoms with Gasteiger partial charge in [0.2, 0.25) is 0 Å². The van der Waals surface area contributed by atoms with Crippen molar-refractivity contribution in [2.24, 2.45) is 0 Å². The highest BCUT2D eigenvalue weighted by Crippen LogP contribution is 2.52. The molecule has 0 unspecified atom stereocenters. The highest BCUT2D eigenvalue weighted by molar-refractivity contribution is 7.66. The Balaban J connectivity index is 2.07. The van der Waals surface area contributed by atoms with Gasteiger partial charge in [-0.25, -0.2) is 0 Å². The van der Waals surface area contributed by atoms with Gasteiger partial charge in [-0.3, -0.25) is 9.46 Å². The lowest BCUT2D eigenvalue weighted by molar-refractivity contribution is 0.349. The number of anilines is 2. The maximum Gasteiger partial charge on any atom is 0.271 e. The second-order valence-corrected chi connectivity index (χ2v) is 7.71. The fourth-order valence-electron chi connectivity index (χ4n) is 2.82. The molecule has 0 aliphatic carbocycles. The normalized spacial score (nSPS) is 15.2. The minimum absolute atomic E-state index is 0.503. The standard InChI is InChI=1S/C17H22N3OP/c1-3-20(4-2)13-22(21)18-16-11-7-5-9-14(16)15-10-6-8-12-17(15)19-22/h5-12H,3-4,13H2,1-2H3,(H2,18,19,21). The van der Waals surface area contributed by atoms with Crippen LogP contribution in [0.5, 0.6) is 0 Å². The summed E-state index contributed by atoms with van der Waals surface area (Å²) in [6.45, 7) is 5.95. The van der Waals surface area contributed by atoms with Crippen LogP contribution in [0.3, 0.4) is 0 Å². The molecule has 0 spiro atoms. The molecule has 1 aliphatic heterocycles. The number of hydrogen-bond acceptors (Lipinski definition) is 2. The monoisotopic (exact) mass is 315 g/mol. The molecule has 0 bridgehead atoms. The lowest BCUT2D eigenvalue weighted by Crippen LogP contribution is -2.27. The third-order valence-corrected chi connectivity index (χ3v) is 6.04. The van der Waals surface area contributed by atoms with Crippen LogP contribution in [0.1, 0.15) is 13.8 Å². The van der Waals surface area contributed by atoms with E-state index < -0.39 is 7.44 Å². The maximum absolute atomic E-state index is 13.4. The molecule has 1 heterocycles. The number of para-hydroxylation sites is 2. The molecule has 0 amide bonds. The van der Waals surface area contributed by atoms with Gasteiger partial charge in [-0.15, -0.1) is 0 Å². The van der Waals surface area contributed by atoms with Crippen molar-refractivity contribution >= 4 is 18.8 Å². The average Bonchev–Trinajstić information content (AvgIpc) is 2.66. The highest BCUT2D eigenvalue weighted by atomic mass is 31.2. The Kier molecular flexibility index (Phi) is 4.23. The first kappa shape index (κ1) is 15.1. The van der Waals surface area contributed by atoms with Gasteiger partial charge in [0.25, 0.3) is 7.44 Å². The molecule has 2 N–H and O–H groups in total. The van der Waals surface area contributed by atoms with Crippen LogP contribution in [0, 0.1) is 0 Å². The summed E-state index contributed by atoms with van der Waals surface area (Å²) in [6, 6.07) is 16.1. The van der Waals surface area contributed by atoms with Crippen molar-refractivity contribution in [3.63, 3.8) is 0 Å². The van der Waals surface area contributed by atoms with E-state index in [1.807, 2.05) is 36.4 Å². The van der Waals surface area contributed by atoms with Gasteiger partial charge in [0.15, 0.2) is 0 Å². The third kappa shape index (κ3) is 2.90. The minimum Gasteiger partial charge on any atom is -0.319 e. The Morgan fingerprint density at radius 2 is 1.32 bits per heavy atom. The Hall–Kier alpha value is -1.77. The van der Waals surface area contributed by atoms with E-state index in [9.17, 15) is 4.57 Å². The lowest BCUT2D eigenvalue weighted by atomic mass is 10.0. The van der Waals surface area contributed by atoms with Crippen molar-refractivity contribution in [2.45, 2.75) is 13.8 Å². The van der Waals surface area contributed by atoms with E-state index in [0.717, 1.165) is 35.6 Å². The van der Waals surface area contributed by atoms with Crippen LogP contribution < -0.4 is 10.2 Å². The van der Waals surface area contributed by atoms with E-state index in [2.05, 4.69) is 41.1 Å². The molecular formula is C17H22N3OP. The van der Waals surface area contributed by atoms with Crippen LogP contribution in [0.25, 0.3) is 11.1 Å². The summed E-state index contributed by atoms with van der Waals surface area (Å²) in [4.78, 5) is 2.18. The number of hydrogen-bond donors (Lipinski definition) is 2. The van der Waals surface area contributed by atoms with E-state index >= 15 is 0 Å². The molecule has 1 aliphatic rings. The predicted octanol–water partition coefficient (Wildman–Crippen LogP) is 4.68. The summed E-state index contributed by atoms with van der Waals surface area (Å²) >= 11 is 0. The van der Waals surface area contributed by atoms with E-state index in [4.69, 9.17) is 0 Å². The molecule has 0 saturated carbocycles. The number of fused-ring (bicyclic) bond motifs is 3. The second-order valence-electron chi connectivity index (χ2n) is 5.50. The number of rotatable bonds is 4. The third-order valence-electron chi connectivity index (χ3n) is 4.04. The molecule has 0 saturated heterocycles. The fourth-order valence-corrected chi connectivity index (χ4v) is 5.15. The summed E-state index contributed by atoms with van der Waals surface area (Å²) < 4.78 is 13.4. The molecule has 116 valence electrons. The Morgan fingerprint density at radius 1 is 0.864 bits per heavy atom. The maximum atomic E-state index is 13.4. The van der Waals surface area contributed by atoms with Gasteiger partial charge in [0.1, 0.15) is 0 Å². The zero-order chi connectivity index (χ0) is 15.6. The van der Waals surface area contributed by atoms with Gasteiger partial charge >= 0.3 is 0 Å². The summed E-state index contributed by atoms with van der Waals surface area (Å²) in [6.07, 6.45) is 0.503. The number of nitrogens with zero attached hydrogens (tertiary/aromatic N) is 1. The van der Waals surface area contributed by atoms with Gasteiger partial charge in [-0.05, 0) is 25.2 Å². The smallest absolute Gasteiger partial charge is 0.271 e.